The summed E-state index contributed by atoms with van der Waals surface area (Å²) in [6, 6.07) is 15.5. The van der Waals surface area contributed by atoms with Crippen molar-refractivity contribution in [1.29, 1.82) is 0 Å². The fourth-order valence-corrected chi connectivity index (χ4v) is 3.78. The molecule has 1 amide bonds. The van der Waals surface area contributed by atoms with E-state index in [0.29, 0.717) is 11.5 Å². The maximum Gasteiger partial charge on any atom is 0.274 e. The minimum Gasteiger partial charge on any atom is -0.379 e. The van der Waals surface area contributed by atoms with Crippen LogP contribution < -0.4 is 5.32 Å². The predicted octanol–water partition coefficient (Wildman–Crippen LogP) is 3.21. The number of carbonyl (C=O) groups excluding carboxylic acids is 1. The van der Waals surface area contributed by atoms with Crippen molar-refractivity contribution in [3.63, 3.8) is 0 Å². The number of amides is 1. The van der Waals surface area contributed by atoms with E-state index in [0.717, 1.165) is 43.3 Å². The second kappa shape index (κ2) is 8.47. The van der Waals surface area contributed by atoms with Gasteiger partial charge in [-0.05, 0) is 17.0 Å². The fraction of sp³-hybridized carbons (Fsp3) is 0.300. The average molecular weight is 383 g/mol. The van der Waals surface area contributed by atoms with Gasteiger partial charge in [0.15, 0.2) is 11.5 Å². The van der Waals surface area contributed by atoms with Crippen LogP contribution in [0.2, 0.25) is 0 Å². The van der Waals surface area contributed by atoms with Gasteiger partial charge in [0, 0.05) is 25.7 Å². The van der Waals surface area contributed by atoms with Crippen molar-refractivity contribution in [3.8, 4) is 10.6 Å². The van der Waals surface area contributed by atoms with Gasteiger partial charge in [0.05, 0.1) is 24.1 Å². The topological polar surface area (TPSA) is 67.6 Å². The van der Waals surface area contributed by atoms with E-state index in [1.807, 2.05) is 47.8 Å². The third-order valence-electron chi connectivity index (χ3n) is 4.56. The molecule has 0 spiro atoms. The molecule has 4 rings (SSSR count). The number of aromatic nitrogens is 1. The Kier molecular flexibility index (Phi) is 5.62. The van der Waals surface area contributed by atoms with E-state index in [4.69, 9.17) is 9.26 Å². The van der Waals surface area contributed by atoms with Gasteiger partial charge in [0.1, 0.15) is 0 Å². The highest BCUT2D eigenvalue weighted by Gasteiger charge is 2.22. The Bertz CT molecular complexity index is 858. The number of hydrogen-bond donors (Lipinski definition) is 1. The lowest BCUT2D eigenvalue weighted by Gasteiger charge is -2.31. The molecule has 6 nitrogen and oxygen atoms in total. The molecule has 3 heterocycles. The molecular formula is C20H21N3O3S. The molecule has 3 aromatic rings. The fourth-order valence-electron chi connectivity index (χ4n) is 3.11. The monoisotopic (exact) mass is 383 g/mol. The molecule has 1 aliphatic heterocycles. The van der Waals surface area contributed by atoms with Crippen LogP contribution in [0.15, 0.2) is 58.4 Å². The zero-order valence-corrected chi connectivity index (χ0v) is 15.7. The second-order valence-corrected chi connectivity index (χ2v) is 7.35. The van der Waals surface area contributed by atoms with Crippen molar-refractivity contribution in [2.45, 2.75) is 6.04 Å². The van der Waals surface area contributed by atoms with Gasteiger partial charge in [-0.3, -0.25) is 9.69 Å². The smallest absolute Gasteiger partial charge is 0.274 e. The first kappa shape index (κ1) is 17.9. The second-order valence-electron chi connectivity index (χ2n) is 6.40. The van der Waals surface area contributed by atoms with E-state index < -0.39 is 0 Å². The standard InChI is InChI=1S/C20H21N3O3S/c24-20(16-13-18(26-22-16)19-7-4-12-27-19)21-17(15-5-2-1-3-6-15)14-23-8-10-25-11-9-23/h1-7,12-13,17H,8-11,14H2,(H,21,24)/t17-/m0/s1. The number of carbonyl (C=O) groups is 1. The normalized spacial score (nSPS) is 16.1. The molecule has 0 aliphatic carbocycles. The number of thiophene rings is 1. The van der Waals surface area contributed by atoms with Crippen molar-refractivity contribution in [2.75, 3.05) is 32.8 Å². The highest BCUT2D eigenvalue weighted by atomic mass is 32.1. The van der Waals surface area contributed by atoms with E-state index in [1.54, 1.807) is 17.4 Å². The molecule has 7 heteroatoms. The third kappa shape index (κ3) is 4.44. The Morgan fingerprint density at radius 3 is 2.74 bits per heavy atom. The molecule has 0 saturated carbocycles. The number of ether oxygens (including phenoxy) is 1. The summed E-state index contributed by atoms with van der Waals surface area (Å²) < 4.78 is 10.8. The first-order valence-electron chi connectivity index (χ1n) is 8.96. The molecule has 2 aromatic heterocycles. The number of nitrogens with one attached hydrogen (secondary N) is 1. The summed E-state index contributed by atoms with van der Waals surface area (Å²) in [7, 11) is 0. The van der Waals surface area contributed by atoms with Crippen LogP contribution in [0.25, 0.3) is 10.6 Å². The molecule has 27 heavy (non-hydrogen) atoms. The summed E-state index contributed by atoms with van der Waals surface area (Å²) in [4.78, 5) is 16.0. The number of nitrogens with zero attached hydrogens (tertiary/aromatic N) is 2. The van der Waals surface area contributed by atoms with Crippen molar-refractivity contribution in [3.05, 3.63) is 65.2 Å². The molecule has 0 radical (unpaired) electrons. The molecule has 1 aromatic carbocycles. The number of morpholine rings is 1. The van der Waals surface area contributed by atoms with Gasteiger partial charge in [-0.2, -0.15) is 0 Å². The summed E-state index contributed by atoms with van der Waals surface area (Å²) in [5.41, 5.74) is 1.36. The summed E-state index contributed by atoms with van der Waals surface area (Å²) in [5, 5.41) is 9.03. The molecule has 140 valence electrons. The van der Waals surface area contributed by atoms with Crippen LogP contribution in [0.4, 0.5) is 0 Å². The largest absolute Gasteiger partial charge is 0.379 e. The molecule has 1 atom stereocenters. The predicted molar refractivity (Wildman–Crippen MR) is 104 cm³/mol. The van der Waals surface area contributed by atoms with E-state index in [-0.39, 0.29) is 11.9 Å². The van der Waals surface area contributed by atoms with Crippen molar-refractivity contribution in [1.82, 2.24) is 15.4 Å². The zero-order chi connectivity index (χ0) is 18.5. The van der Waals surface area contributed by atoms with Crippen molar-refractivity contribution >= 4 is 17.2 Å². The van der Waals surface area contributed by atoms with Crippen LogP contribution in [0.5, 0.6) is 0 Å². The van der Waals surface area contributed by atoms with Crippen LogP contribution in [0.3, 0.4) is 0 Å². The van der Waals surface area contributed by atoms with E-state index >= 15 is 0 Å². The highest BCUT2D eigenvalue weighted by Crippen LogP contribution is 2.25. The summed E-state index contributed by atoms with van der Waals surface area (Å²) in [6.07, 6.45) is 0. The SMILES string of the molecule is O=C(N[C@@H](CN1CCOCC1)c1ccccc1)c1cc(-c2cccs2)on1. The first-order chi connectivity index (χ1) is 13.3. The Balaban J connectivity index is 1.49. The Labute approximate surface area is 161 Å². The number of benzene rings is 1. The van der Waals surface area contributed by atoms with Crippen LogP contribution in [-0.4, -0.2) is 48.8 Å². The molecule has 1 aliphatic rings. The van der Waals surface area contributed by atoms with Gasteiger partial charge < -0.3 is 14.6 Å². The van der Waals surface area contributed by atoms with Gasteiger partial charge in [0.25, 0.3) is 5.91 Å². The molecular weight excluding hydrogens is 362 g/mol. The summed E-state index contributed by atoms with van der Waals surface area (Å²) in [6.45, 7) is 3.91. The highest BCUT2D eigenvalue weighted by molar-refractivity contribution is 7.13. The maximum atomic E-state index is 12.8. The molecule has 0 bridgehead atoms. The summed E-state index contributed by atoms with van der Waals surface area (Å²) >= 11 is 1.55. The lowest BCUT2D eigenvalue weighted by atomic mass is 10.1. The lowest BCUT2D eigenvalue weighted by Crippen LogP contribution is -2.43. The Hall–Kier alpha value is -2.48. The quantitative estimate of drug-likeness (QED) is 0.708. The Morgan fingerprint density at radius 1 is 1.19 bits per heavy atom. The van der Waals surface area contributed by atoms with Gasteiger partial charge in [0.2, 0.25) is 0 Å². The average Bonchev–Trinajstić information content (AvgIpc) is 3.41. The van der Waals surface area contributed by atoms with Gasteiger partial charge >= 0.3 is 0 Å². The summed E-state index contributed by atoms with van der Waals surface area (Å²) in [5.74, 6) is 0.378. The van der Waals surface area contributed by atoms with Crippen LogP contribution in [0, 0.1) is 0 Å². The maximum absolute atomic E-state index is 12.8. The van der Waals surface area contributed by atoms with Crippen molar-refractivity contribution in [2.24, 2.45) is 0 Å². The first-order valence-corrected chi connectivity index (χ1v) is 9.84. The number of rotatable bonds is 6. The van der Waals surface area contributed by atoms with Crippen molar-refractivity contribution < 1.29 is 14.1 Å². The zero-order valence-electron chi connectivity index (χ0n) is 14.8. The Morgan fingerprint density at radius 2 is 2.00 bits per heavy atom. The van der Waals surface area contributed by atoms with E-state index in [1.165, 1.54) is 0 Å². The minimum absolute atomic E-state index is 0.126. The van der Waals surface area contributed by atoms with Crippen LogP contribution in [0.1, 0.15) is 22.1 Å². The molecule has 0 unspecified atom stereocenters. The number of hydrogen-bond acceptors (Lipinski definition) is 6. The van der Waals surface area contributed by atoms with Gasteiger partial charge in [-0.25, -0.2) is 0 Å². The molecule has 1 saturated heterocycles. The minimum atomic E-state index is -0.233. The lowest BCUT2D eigenvalue weighted by molar-refractivity contribution is 0.0332. The third-order valence-corrected chi connectivity index (χ3v) is 5.44. The molecule has 1 N–H and O–H groups in total. The van der Waals surface area contributed by atoms with Gasteiger partial charge in [-0.15, -0.1) is 11.3 Å². The van der Waals surface area contributed by atoms with Crippen LogP contribution >= 0.6 is 11.3 Å². The van der Waals surface area contributed by atoms with E-state index in [2.05, 4.69) is 15.4 Å². The van der Waals surface area contributed by atoms with E-state index in [9.17, 15) is 4.79 Å². The van der Waals surface area contributed by atoms with Gasteiger partial charge in [-0.1, -0.05) is 41.6 Å². The van der Waals surface area contributed by atoms with Crippen LogP contribution in [-0.2, 0) is 4.74 Å². The molecule has 1 fully saturated rings.